The lowest BCUT2D eigenvalue weighted by molar-refractivity contribution is 0.342. The van der Waals surface area contributed by atoms with Gasteiger partial charge in [0.25, 0.3) is 0 Å². The molecule has 5 heteroatoms. The Labute approximate surface area is 161 Å². The summed E-state index contributed by atoms with van der Waals surface area (Å²) in [5, 5.41) is 16.5. The monoisotopic (exact) mass is 364 g/mol. The van der Waals surface area contributed by atoms with Gasteiger partial charge in [-0.05, 0) is 62.7 Å². The van der Waals surface area contributed by atoms with Gasteiger partial charge in [0.2, 0.25) is 0 Å². The SMILES string of the molecule is CCNCC[C@H]1Cc2cc(Nc3ccccc3OCC)cc(C#N)c2N1C. The third kappa shape index (κ3) is 4.17. The molecule has 2 N–H and O–H groups in total. The molecule has 1 aliphatic rings. The van der Waals surface area contributed by atoms with E-state index in [1.54, 1.807) is 0 Å². The second-order valence-electron chi connectivity index (χ2n) is 6.81. The summed E-state index contributed by atoms with van der Waals surface area (Å²) in [7, 11) is 2.10. The summed E-state index contributed by atoms with van der Waals surface area (Å²) in [5.41, 5.74) is 4.87. The lowest BCUT2D eigenvalue weighted by atomic mass is 10.0. The number of hydrogen-bond acceptors (Lipinski definition) is 5. The maximum atomic E-state index is 9.71. The summed E-state index contributed by atoms with van der Waals surface area (Å²) < 4.78 is 5.70. The molecule has 0 unspecified atom stereocenters. The smallest absolute Gasteiger partial charge is 0.142 e. The Kier molecular flexibility index (Phi) is 6.20. The first kappa shape index (κ1) is 19.1. The van der Waals surface area contributed by atoms with E-state index in [-0.39, 0.29) is 0 Å². The van der Waals surface area contributed by atoms with Gasteiger partial charge in [0, 0.05) is 18.8 Å². The number of benzene rings is 2. The Morgan fingerprint density at radius 1 is 1.26 bits per heavy atom. The highest BCUT2D eigenvalue weighted by Gasteiger charge is 2.29. The van der Waals surface area contributed by atoms with Crippen molar-refractivity contribution >= 4 is 17.1 Å². The summed E-state index contributed by atoms with van der Waals surface area (Å²) in [6.07, 6.45) is 2.04. The van der Waals surface area contributed by atoms with Crippen LogP contribution in [-0.4, -0.2) is 32.8 Å². The lowest BCUT2D eigenvalue weighted by Gasteiger charge is -2.23. The lowest BCUT2D eigenvalue weighted by Crippen LogP contribution is -2.31. The van der Waals surface area contributed by atoms with Gasteiger partial charge in [0.1, 0.15) is 11.8 Å². The van der Waals surface area contributed by atoms with Gasteiger partial charge in [-0.25, -0.2) is 0 Å². The van der Waals surface area contributed by atoms with E-state index in [0.29, 0.717) is 12.6 Å². The summed E-state index contributed by atoms with van der Waals surface area (Å²) >= 11 is 0. The van der Waals surface area contributed by atoms with Crippen LogP contribution >= 0.6 is 0 Å². The molecule has 3 rings (SSSR count). The summed E-state index contributed by atoms with van der Waals surface area (Å²) in [6, 6.07) is 14.8. The largest absolute Gasteiger partial charge is 0.492 e. The Bertz CT molecular complexity index is 828. The molecular weight excluding hydrogens is 336 g/mol. The number of fused-ring (bicyclic) bond motifs is 1. The maximum absolute atomic E-state index is 9.71. The van der Waals surface area contributed by atoms with Gasteiger partial charge >= 0.3 is 0 Å². The number of likely N-dealkylation sites (N-methyl/N-ethyl adjacent to an activating group) is 1. The second-order valence-corrected chi connectivity index (χ2v) is 6.81. The van der Waals surface area contributed by atoms with Crippen molar-refractivity contribution in [3.8, 4) is 11.8 Å². The second kappa shape index (κ2) is 8.79. The third-order valence-electron chi connectivity index (χ3n) is 5.04. The third-order valence-corrected chi connectivity index (χ3v) is 5.04. The van der Waals surface area contributed by atoms with Gasteiger partial charge in [0.05, 0.1) is 23.5 Å². The van der Waals surface area contributed by atoms with Crippen molar-refractivity contribution in [2.24, 2.45) is 0 Å². The number of nitrogens with zero attached hydrogens (tertiary/aromatic N) is 2. The normalized spacial score (nSPS) is 15.3. The molecule has 0 bridgehead atoms. The fourth-order valence-corrected chi connectivity index (χ4v) is 3.75. The molecular formula is C22H28N4O. The van der Waals surface area contributed by atoms with Crippen LogP contribution in [-0.2, 0) is 6.42 Å². The Balaban J connectivity index is 1.85. The van der Waals surface area contributed by atoms with Crippen molar-refractivity contribution in [2.45, 2.75) is 32.7 Å². The van der Waals surface area contributed by atoms with E-state index in [1.807, 2.05) is 37.3 Å². The topological polar surface area (TPSA) is 60.3 Å². The number of hydrogen-bond donors (Lipinski definition) is 2. The van der Waals surface area contributed by atoms with Crippen LogP contribution in [0.4, 0.5) is 17.1 Å². The van der Waals surface area contributed by atoms with Crippen LogP contribution in [0.1, 0.15) is 31.4 Å². The number of anilines is 3. The van der Waals surface area contributed by atoms with Crippen LogP contribution in [0.2, 0.25) is 0 Å². The van der Waals surface area contributed by atoms with Crippen molar-refractivity contribution in [2.75, 3.05) is 37.0 Å². The average Bonchev–Trinajstić information content (AvgIpc) is 2.99. The van der Waals surface area contributed by atoms with E-state index in [2.05, 4.69) is 41.6 Å². The molecule has 0 aliphatic carbocycles. The summed E-state index contributed by atoms with van der Waals surface area (Å²) in [5.74, 6) is 0.819. The molecule has 142 valence electrons. The first-order valence-corrected chi connectivity index (χ1v) is 9.67. The molecule has 0 radical (unpaired) electrons. The highest BCUT2D eigenvalue weighted by molar-refractivity contribution is 5.76. The van der Waals surface area contributed by atoms with E-state index < -0.39 is 0 Å². The number of rotatable bonds is 8. The fourth-order valence-electron chi connectivity index (χ4n) is 3.75. The standard InChI is InChI=1S/C22H28N4O/c1-4-24-11-10-19-14-16-12-18(13-17(15-23)22(16)26(19)3)25-20-8-6-7-9-21(20)27-5-2/h6-9,12-13,19,24-25H,4-5,10-11,14H2,1-3H3/t19-/m0/s1. The summed E-state index contributed by atoms with van der Waals surface area (Å²) in [6.45, 7) is 6.70. The first-order chi connectivity index (χ1) is 13.2. The van der Waals surface area contributed by atoms with E-state index >= 15 is 0 Å². The molecule has 1 heterocycles. The molecule has 0 saturated heterocycles. The molecule has 0 fully saturated rings. The van der Waals surface area contributed by atoms with Crippen molar-refractivity contribution < 1.29 is 4.74 Å². The minimum Gasteiger partial charge on any atom is -0.492 e. The maximum Gasteiger partial charge on any atom is 0.142 e. The Morgan fingerprint density at radius 2 is 2.07 bits per heavy atom. The number of nitrogens with one attached hydrogen (secondary N) is 2. The first-order valence-electron chi connectivity index (χ1n) is 9.67. The molecule has 2 aromatic rings. The van der Waals surface area contributed by atoms with Crippen molar-refractivity contribution in [1.82, 2.24) is 5.32 Å². The van der Waals surface area contributed by atoms with Crippen LogP contribution in [0.15, 0.2) is 36.4 Å². The molecule has 0 spiro atoms. The number of ether oxygens (including phenoxy) is 1. The molecule has 0 amide bonds. The minimum atomic E-state index is 0.428. The molecule has 5 nitrogen and oxygen atoms in total. The van der Waals surface area contributed by atoms with Crippen molar-refractivity contribution in [3.63, 3.8) is 0 Å². The molecule has 27 heavy (non-hydrogen) atoms. The zero-order valence-corrected chi connectivity index (χ0v) is 16.4. The van der Waals surface area contributed by atoms with Gasteiger partial charge in [-0.3, -0.25) is 0 Å². The quantitative estimate of drug-likeness (QED) is 0.692. The Hall–Kier alpha value is -2.71. The molecule has 0 aromatic heterocycles. The highest BCUT2D eigenvalue weighted by atomic mass is 16.5. The van der Waals surface area contributed by atoms with Gasteiger partial charge in [-0.1, -0.05) is 19.1 Å². The van der Waals surface area contributed by atoms with Gasteiger partial charge in [-0.15, -0.1) is 0 Å². The Morgan fingerprint density at radius 3 is 2.81 bits per heavy atom. The molecule has 0 saturated carbocycles. The molecule has 2 aromatic carbocycles. The summed E-state index contributed by atoms with van der Waals surface area (Å²) in [4.78, 5) is 2.27. The van der Waals surface area contributed by atoms with Gasteiger partial charge in [0.15, 0.2) is 0 Å². The van der Waals surface area contributed by atoms with E-state index in [9.17, 15) is 5.26 Å². The molecule has 1 aliphatic heterocycles. The van der Waals surface area contributed by atoms with Gasteiger partial charge in [-0.2, -0.15) is 5.26 Å². The number of nitriles is 1. The predicted molar refractivity (Wildman–Crippen MR) is 111 cm³/mol. The van der Waals surface area contributed by atoms with E-state index in [4.69, 9.17) is 4.74 Å². The molecule has 1 atom stereocenters. The number of para-hydroxylation sites is 2. The van der Waals surface area contributed by atoms with E-state index in [0.717, 1.165) is 54.3 Å². The average molecular weight is 364 g/mol. The van der Waals surface area contributed by atoms with Gasteiger partial charge < -0.3 is 20.3 Å². The van der Waals surface area contributed by atoms with Crippen LogP contribution in [0, 0.1) is 11.3 Å². The van der Waals surface area contributed by atoms with Crippen molar-refractivity contribution in [3.05, 3.63) is 47.5 Å². The fraction of sp³-hybridized carbons (Fsp3) is 0.409. The van der Waals surface area contributed by atoms with Crippen LogP contribution < -0.4 is 20.3 Å². The zero-order chi connectivity index (χ0) is 19.2. The van der Waals surface area contributed by atoms with Crippen LogP contribution in [0.25, 0.3) is 0 Å². The predicted octanol–water partition coefficient (Wildman–Crippen LogP) is 4.06. The zero-order valence-electron chi connectivity index (χ0n) is 16.4. The van der Waals surface area contributed by atoms with E-state index in [1.165, 1.54) is 5.56 Å². The van der Waals surface area contributed by atoms with Crippen LogP contribution in [0.3, 0.4) is 0 Å². The van der Waals surface area contributed by atoms with Crippen molar-refractivity contribution in [1.29, 1.82) is 5.26 Å². The minimum absolute atomic E-state index is 0.428. The van der Waals surface area contributed by atoms with Crippen LogP contribution in [0.5, 0.6) is 5.75 Å². The highest BCUT2D eigenvalue weighted by Crippen LogP contribution is 2.38.